The second-order valence-corrected chi connectivity index (χ2v) is 6.48. The maximum Gasteiger partial charge on any atom is 0.419 e. The van der Waals surface area contributed by atoms with Crippen molar-refractivity contribution in [3.63, 3.8) is 0 Å². The topological polar surface area (TPSA) is 93.5 Å². The second-order valence-electron chi connectivity index (χ2n) is 6.48. The number of halogens is 3. The molecule has 0 aliphatic heterocycles. The molecule has 0 radical (unpaired) electrons. The summed E-state index contributed by atoms with van der Waals surface area (Å²) in [5.74, 6) is -1.86. The summed E-state index contributed by atoms with van der Waals surface area (Å²) < 4.78 is 47.1. The fourth-order valence-electron chi connectivity index (χ4n) is 2.88. The Labute approximate surface area is 172 Å². The average molecular weight is 423 g/mol. The molecule has 0 bridgehead atoms. The lowest BCUT2D eigenvalue weighted by Crippen LogP contribution is -2.60. The van der Waals surface area contributed by atoms with E-state index in [0.29, 0.717) is 17.7 Å². The van der Waals surface area contributed by atoms with Gasteiger partial charge in [0.2, 0.25) is 5.54 Å². The molecule has 2 rings (SSSR count). The van der Waals surface area contributed by atoms with Gasteiger partial charge in [0.15, 0.2) is 0 Å². The van der Waals surface area contributed by atoms with Crippen LogP contribution in [0.15, 0.2) is 48.5 Å². The summed E-state index contributed by atoms with van der Waals surface area (Å²) in [5, 5.41) is 4.87. The Balaban J connectivity index is 2.30. The predicted molar refractivity (Wildman–Crippen MR) is 106 cm³/mol. The van der Waals surface area contributed by atoms with Crippen LogP contribution in [0.25, 0.3) is 0 Å². The number of nitrogens with one attached hydrogen (secondary N) is 2. The summed E-state index contributed by atoms with van der Waals surface area (Å²) in [7, 11) is 0. The minimum Gasteiger partial charge on any atom is -0.494 e. The normalized spacial score (nSPS) is 13.3. The molecule has 2 amide bonds. The molecule has 0 saturated heterocycles. The summed E-state index contributed by atoms with van der Waals surface area (Å²) in [4.78, 5) is 24.6. The fourth-order valence-corrected chi connectivity index (χ4v) is 2.88. The first-order valence-corrected chi connectivity index (χ1v) is 9.38. The van der Waals surface area contributed by atoms with Gasteiger partial charge in [0, 0.05) is 24.2 Å². The Hall–Kier alpha value is -3.07. The van der Waals surface area contributed by atoms with Gasteiger partial charge in [-0.1, -0.05) is 30.3 Å². The van der Waals surface area contributed by atoms with E-state index in [-0.39, 0.29) is 24.8 Å². The quantitative estimate of drug-likeness (QED) is 0.609. The van der Waals surface area contributed by atoms with E-state index < -0.39 is 23.2 Å². The molecule has 0 saturated carbocycles. The highest BCUT2D eigenvalue weighted by Gasteiger charge is 2.60. The minimum absolute atomic E-state index is 0.110. The molecule has 6 nitrogen and oxygen atoms in total. The molecule has 2 aromatic rings. The number of amides is 2. The number of hydrogen-bond donors (Lipinski definition) is 3. The summed E-state index contributed by atoms with van der Waals surface area (Å²) in [6.45, 7) is 3.68. The van der Waals surface area contributed by atoms with E-state index in [4.69, 9.17) is 10.5 Å². The monoisotopic (exact) mass is 423 g/mol. The lowest BCUT2D eigenvalue weighted by molar-refractivity contribution is -0.194. The molecular formula is C21H24F3N3O3. The predicted octanol–water partition coefficient (Wildman–Crippen LogP) is 2.87. The Bertz CT molecular complexity index is 902. The molecule has 0 aliphatic rings. The van der Waals surface area contributed by atoms with Gasteiger partial charge in [-0.05, 0) is 37.6 Å². The van der Waals surface area contributed by atoms with Gasteiger partial charge in [0.05, 0.1) is 6.61 Å². The van der Waals surface area contributed by atoms with Crippen LogP contribution >= 0.6 is 0 Å². The zero-order valence-corrected chi connectivity index (χ0v) is 16.7. The second kappa shape index (κ2) is 9.62. The van der Waals surface area contributed by atoms with E-state index in [1.54, 1.807) is 32.0 Å². The van der Waals surface area contributed by atoms with Crippen molar-refractivity contribution in [1.29, 1.82) is 0 Å². The van der Waals surface area contributed by atoms with Gasteiger partial charge in [-0.3, -0.25) is 9.59 Å². The first kappa shape index (κ1) is 23.2. The number of nitrogens with two attached hydrogens (primary N) is 1. The molecule has 0 heterocycles. The van der Waals surface area contributed by atoms with Crippen molar-refractivity contribution in [2.24, 2.45) is 5.73 Å². The van der Waals surface area contributed by atoms with Crippen LogP contribution in [0.3, 0.4) is 0 Å². The van der Waals surface area contributed by atoms with E-state index in [2.05, 4.69) is 10.6 Å². The Morgan fingerprint density at radius 3 is 2.37 bits per heavy atom. The van der Waals surface area contributed by atoms with Crippen LogP contribution in [-0.4, -0.2) is 31.1 Å². The van der Waals surface area contributed by atoms with Crippen molar-refractivity contribution in [2.75, 3.05) is 13.2 Å². The molecule has 0 aliphatic carbocycles. The van der Waals surface area contributed by atoms with E-state index in [1.165, 1.54) is 24.3 Å². The van der Waals surface area contributed by atoms with E-state index >= 15 is 0 Å². The minimum atomic E-state index is -5.08. The number of para-hydroxylation sites is 1. The summed E-state index contributed by atoms with van der Waals surface area (Å²) in [6.07, 6.45) is -5.08. The standard InChI is InChI=1S/C21H24F3N3O3/c1-3-26-18(28)15-9-7-8-14(12-15)13-27-19(29)20(25,21(22,23)24)16-10-5-6-11-17(16)30-4-2/h5-12H,3-4,13,25H2,1-2H3,(H,26,28)(H,27,29). The van der Waals surface area contributed by atoms with Crippen molar-refractivity contribution in [3.05, 3.63) is 65.2 Å². The Kier molecular flexibility index (Phi) is 7.44. The van der Waals surface area contributed by atoms with Crippen molar-refractivity contribution < 1.29 is 27.5 Å². The fraction of sp³-hybridized carbons (Fsp3) is 0.333. The van der Waals surface area contributed by atoms with E-state index in [0.717, 1.165) is 6.07 Å². The molecule has 162 valence electrons. The number of carbonyl (C=O) groups excluding carboxylic acids is 2. The maximum atomic E-state index is 13.9. The molecule has 0 aromatic heterocycles. The Morgan fingerprint density at radius 1 is 1.03 bits per heavy atom. The van der Waals surface area contributed by atoms with Gasteiger partial charge in [-0.2, -0.15) is 13.2 Å². The largest absolute Gasteiger partial charge is 0.494 e. The number of alkyl halides is 3. The highest BCUT2D eigenvalue weighted by molar-refractivity contribution is 5.94. The van der Waals surface area contributed by atoms with E-state index in [1.807, 2.05) is 0 Å². The molecule has 2 aromatic carbocycles. The number of carbonyl (C=O) groups is 2. The summed E-state index contributed by atoms with van der Waals surface area (Å²) in [5.41, 5.74) is 2.67. The van der Waals surface area contributed by atoms with E-state index in [9.17, 15) is 22.8 Å². The molecule has 1 unspecified atom stereocenters. The highest BCUT2D eigenvalue weighted by Crippen LogP contribution is 2.41. The van der Waals surface area contributed by atoms with Crippen LogP contribution in [0.4, 0.5) is 13.2 Å². The van der Waals surface area contributed by atoms with Gasteiger partial charge in [-0.15, -0.1) is 0 Å². The first-order valence-electron chi connectivity index (χ1n) is 9.38. The highest BCUT2D eigenvalue weighted by atomic mass is 19.4. The van der Waals surface area contributed by atoms with Crippen LogP contribution in [-0.2, 0) is 16.9 Å². The van der Waals surface area contributed by atoms with Crippen LogP contribution in [0.2, 0.25) is 0 Å². The molecule has 1 atom stereocenters. The van der Waals surface area contributed by atoms with Gasteiger partial charge >= 0.3 is 6.18 Å². The smallest absolute Gasteiger partial charge is 0.419 e. The van der Waals surface area contributed by atoms with Crippen LogP contribution in [0, 0.1) is 0 Å². The number of ether oxygens (including phenoxy) is 1. The van der Waals surface area contributed by atoms with Gasteiger partial charge in [0.1, 0.15) is 5.75 Å². The maximum absolute atomic E-state index is 13.9. The number of rotatable bonds is 8. The lowest BCUT2D eigenvalue weighted by atomic mass is 9.88. The Morgan fingerprint density at radius 2 is 1.73 bits per heavy atom. The molecule has 4 N–H and O–H groups in total. The molecule has 9 heteroatoms. The third-order valence-electron chi connectivity index (χ3n) is 4.40. The van der Waals surface area contributed by atoms with Crippen LogP contribution in [0.5, 0.6) is 5.75 Å². The van der Waals surface area contributed by atoms with Crippen LogP contribution in [0.1, 0.15) is 35.3 Å². The summed E-state index contributed by atoms with van der Waals surface area (Å²) >= 11 is 0. The van der Waals surface area contributed by atoms with Crippen molar-refractivity contribution >= 4 is 11.8 Å². The number of hydrogen-bond acceptors (Lipinski definition) is 4. The summed E-state index contributed by atoms with van der Waals surface area (Å²) in [6, 6.07) is 11.5. The van der Waals surface area contributed by atoms with Crippen molar-refractivity contribution in [2.45, 2.75) is 32.1 Å². The lowest BCUT2D eigenvalue weighted by Gasteiger charge is -2.32. The molecular weight excluding hydrogens is 399 g/mol. The van der Waals surface area contributed by atoms with Crippen molar-refractivity contribution in [3.8, 4) is 5.75 Å². The van der Waals surface area contributed by atoms with Gasteiger partial charge < -0.3 is 21.1 Å². The first-order chi connectivity index (χ1) is 14.1. The number of benzene rings is 2. The van der Waals surface area contributed by atoms with Crippen LogP contribution < -0.4 is 21.1 Å². The average Bonchev–Trinajstić information content (AvgIpc) is 2.71. The van der Waals surface area contributed by atoms with Gasteiger partial charge in [0.25, 0.3) is 11.8 Å². The molecule has 0 fully saturated rings. The zero-order chi connectivity index (χ0) is 22.4. The molecule has 0 spiro atoms. The SMILES string of the molecule is CCNC(=O)c1cccc(CNC(=O)C(N)(c2ccccc2OCC)C(F)(F)F)c1. The molecule has 30 heavy (non-hydrogen) atoms. The third kappa shape index (κ3) is 4.91. The van der Waals surface area contributed by atoms with Crippen molar-refractivity contribution in [1.82, 2.24) is 10.6 Å². The van der Waals surface area contributed by atoms with Gasteiger partial charge in [-0.25, -0.2) is 0 Å². The third-order valence-corrected chi connectivity index (χ3v) is 4.40. The zero-order valence-electron chi connectivity index (χ0n) is 16.7.